The van der Waals surface area contributed by atoms with E-state index in [0.29, 0.717) is 11.4 Å². The summed E-state index contributed by atoms with van der Waals surface area (Å²) in [6.07, 6.45) is 0.0934. The van der Waals surface area contributed by atoms with Crippen molar-refractivity contribution in [3.05, 3.63) is 59.7 Å². The van der Waals surface area contributed by atoms with E-state index in [1.54, 1.807) is 24.3 Å². The number of para-hydroxylation sites is 1. The van der Waals surface area contributed by atoms with E-state index >= 15 is 0 Å². The van der Waals surface area contributed by atoms with Gasteiger partial charge < -0.3 is 15.0 Å². The average molecular weight is 396 g/mol. The molecule has 0 bridgehead atoms. The molecule has 0 spiro atoms. The van der Waals surface area contributed by atoms with E-state index in [0.717, 1.165) is 0 Å². The first kappa shape index (κ1) is 22.1. The summed E-state index contributed by atoms with van der Waals surface area (Å²) in [4.78, 5) is 37.9. The third kappa shape index (κ3) is 5.91. The quantitative estimate of drug-likeness (QED) is 0.744. The van der Waals surface area contributed by atoms with Gasteiger partial charge in [-0.15, -0.1) is 0 Å². The highest BCUT2D eigenvalue weighted by atomic mass is 16.5. The molecule has 0 aliphatic heterocycles. The average Bonchev–Trinajstić information content (AvgIpc) is 2.67. The molecule has 2 amide bonds. The van der Waals surface area contributed by atoms with Crippen LogP contribution < -0.4 is 10.2 Å². The van der Waals surface area contributed by atoms with E-state index in [9.17, 15) is 14.4 Å². The molecule has 0 heterocycles. The van der Waals surface area contributed by atoms with Gasteiger partial charge in [0, 0.05) is 25.6 Å². The molecule has 0 aromatic heterocycles. The Morgan fingerprint density at radius 3 is 2.17 bits per heavy atom. The molecule has 6 nitrogen and oxygen atoms in total. The zero-order valence-electron chi connectivity index (χ0n) is 17.6. The SMILES string of the molecule is COC(=O)c1ccccc1N(CCC(=O)Nc1ccc(C(C)(C)C)cc1)C(C)=O. The molecule has 29 heavy (non-hydrogen) atoms. The van der Waals surface area contributed by atoms with Crippen LogP contribution >= 0.6 is 0 Å². The largest absolute Gasteiger partial charge is 0.465 e. The van der Waals surface area contributed by atoms with Crippen molar-refractivity contribution in [2.45, 2.75) is 39.5 Å². The van der Waals surface area contributed by atoms with Gasteiger partial charge in [0.1, 0.15) is 0 Å². The highest BCUT2D eigenvalue weighted by molar-refractivity contribution is 6.02. The Hall–Kier alpha value is -3.15. The summed E-state index contributed by atoms with van der Waals surface area (Å²) in [6, 6.07) is 14.4. The number of anilines is 2. The van der Waals surface area contributed by atoms with E-state index in [1.165, 1.54) is 24.5 Å². The van der Waals surface area contributed by atoms with Crippen molar-refractivity contribution in [3.8, 4) is 0 Å². The topological polar surface area (TPSA) is 75.7 Å². The second kappa shape index (κ2) is 9.37. The molecule has 154 valence electrons. The molecule has 0 aliphatic rings. The molecule has 1 N–H and O–H groups in total. The van der Waals surface area contributed by atoms with Crippen LogP contribution in [0.15, 0.2) is 48.5 Å². The van der Waals surface area contributed by atoms with E-state index in [-0.39, 0.29) is 35.8 Å². The lowest BCUT2D eigenvalue weighted by molar-refractivity contribution is -0.117. The molecule has 2 aromatic rings. The first-order chi connectivity index (χ1) is 13.6. The van der Waals surface area contributed by atoms with Gasteiger partial charge in [-0.3, -0.25) is 9.59 Å². The van der Waals surface area contributed by atoms with Crippen LogP contribution in [0.3, 0.4) is 0 Å². The molecule has 6 heteroatoms. The van der Waals surface area contributed by atoms with Crippen molar-refractivity contribution < 1.29 is 19.1 Å². The van der Waals surface area contributed by atoms with E-state index < -0.39 is 5.97 Å². The van der Waals surface area contributed by atoms with Gasteiger partial charge in [0.2, 0.25) is 11.8 Å². The van der Waals surface area contributed by atoms with Gasteiger partial charge in [-0.25, -0.2) is 4.79 Å². The number of amides is 2. The lowest BCUT2D eigenvalue weighted by Gasteiger charge is -2.23. The van der Waals surface area contributed by atoms with Crippen molar-refractivity contribution in [3.63, 3.8) is 0 Å². The van der Waals surface area contributed by atoms with Gasteiger partial charge in [-0.2, -0.15) is 0 Å². The zero-order valence-corrected chi connectivity index (χ0v) is 17.6. The molecule has 0 radical (unpaired) electrons. The highest BCUT2D eigenvalue weighted by Gasteiger charge is 2.20. The van der Waals surface area contributed by atoms with Gasteiger partial charge in [-0.05, 0) is 35.2 Å². The predicted octanol–water partition coefficient (Wildman–Crippen LogP) is 4.15. The van der Waals surface area contributed by atoms with Crippen molar-refractivity contribution in [1.29, 1.82) is 0 Å². The maximum Gasteiger partial charge on any atom is 0.339 e. The Bertz CT molecular complexity index is 882. The number of ether oxygens (including phenoxy) is 1. The minimum absolute atomic E-state index is 0.0392. The van der Waals surface area contributed by atoms with Crippen LogP contribution in [-0.2, 0) is 19.7 Å². The first-order valence-electron chi connectivity index (χ1n) is 9.49. The number of nitrogens with one attached hydrogen (secondary N) is 1. The number of carbonyl (C=O) groups is 3. The minimum atomic E-state index is -0.532. The second-order valence-corrected chi connectivity index (χ2v) is 7.80. The number of hydrogen-bond donors (Lipinski definition) is 1. The fourth-order valence-corrected chi connectivity index (χ4v) is 2.93. The summed E-state index contributed by atoms with van der Waals surface area (Å²) < 4.78 is 4.79. The maximum atomic E-state index is 12.4. The van der Waals surface area contributed by atoms with Gasteiger partial charge in [0.25, 0.3) is 0 Å². The second-order valence-electron chi connectivity index (χ2n) is 7.80. The smallest absolute Gasteiger partial charge is 0.339 e. The zero-order chi connectivity index (χ0) is 21.6. The fourth-order valence-electron chi connectivity index (χ4n) is 2.93. The summed E-state index contributed by atoms with van der Waals surface area (Å²) in [5.74, 6) is -1.01. The molecule has 0 saturated carbocycles. The number of nitrogens with zero attached hydrogens (tertiary/aromatic N) is 1. The Morgan fingerprint density at radius 2 is 1.62 bits per heavy atom. The molecule has 0 saturated heterocycles. The Labute approximate surface area is 171 Å². The first-order valence-corrected chi connectivity index (χ1v) is 9.49. The molecule has 0 unspecified atom stereocenters. The standard InChI is InChI=1S/C23H28N2O4/c1-16(26)25(20-9-7-6-8-19(20)22(28)29-5)15-14-21(27)24-18-12-10-17(11-13-18)23(2,3)4/h6-13H,14-15H2,1-5H3,(H,24,27). The number of methoxy groups -OCH3 is 1. The number of carbonyl (C=O) groups excluding carboxylic acids is 3. The van der Waals surface area contributed by atoms with Crippen LogP contribution in [-0.4, -0.2) is 31.4 Å². The number of rotatable bonds is 6. The van der Waals surface area contributed by atoms with Gasteiger partial charge in [0.05, 0.1) is 18.4 Å². The van der Waals surface area contributed by atoms with Crippen LogP contribution in [0.25, 0.3) is 0 Å². The Kier molecular flexibility index (Phi) is 7.15. The van der Waals surface area contributed by atoms with E-state index in [1.807, 2.05) is 24.3 Å². The van der Waals surface area contributed by atoms with Crippen LogP contribution in [0, 0.1) is 0 Å². The van der Waals surface area contributed by atoms with Crippen LogP contribution in [0.4, 0.5) is 11.4 Å². The van der Waals surface area contributed by atoms with E-state index in [4.69, 9.17) is 4.74 Å². The van der Waals surface area contributed by atoms with Crippen molar-refractivity contribution in [2.24, 2.45) is 0 Å². The normalized spacial score (nSPS) is 10.9. The third-order valence-electron chi connectivity index (χ3n) is 4.58. The lowest BCUT2D eigenvalue weighted by atomic mass is 9.87. The van der Waals surface area contributed by atoms with Crippen molar-refractivity contribution in [2.75, 3.05) is 23.9 Å². The molecule has 2 rings (SSSR count). The predicted molar refractivity (Wildman–Crippen MR) is 114 cm³/mol. The van der Waals surface area contributed by atoms with E-state index in [2.05, 4.69) is 26.1 Å². The summed E-state index contributed by atoms with van der Waals surface area (Å²) in [7, 11) is 1.29. The molecule has 0 aliphatic carbocycles. The van der Waals surface area contributed by atoms with Gasteiger partial charge in [-0.1, -0.05) is 45.0 Å². The maximum absolute atomic E-state index is 12.4. The molecule has 0 atom stereocenters. The van der Waals surface area contributed by atoms with Gasteiger partial charge >= 0.3 is 5.97 Å². The minimum Gasteiger partial charge on any atom is -0.465 e. The van der Waals surface area contributed by atoms with Crippen LogP contribution in [0.5, 0.6) is 0 Å². The lowest BCUT2D eigenvalue weighted by Crippen LogP contribution is -2.33. The summed E-state index contributed by atoms with van der Waals surface area (Å²) in [5, 5.41) is 2.85. The molecule has 0 fully saturated rings. The van der Waals surface area contributed by atoms with Crippen LogP contribution in [0.1, 0.15) is 50.0 Å². The number of hydrogen-bond acceptors (Lipinski definition) is 4. The molecular formula is C23H28N2O4. The van der Waals surface area contributed by atoms with Crippen molar-refractivity contribution in [1.82, 2.24) is 0 Å². The Morgan fingerprint density at radius 1 is 1.00 bits per heavy atom. The summed E-state index contributed by atoms with van der Waals surface area (Å²) >= 11 is 0. The number of benzene rings is 2. The summed E-state index contributed by atoms with van der Waals surface area (Å²) in [6.45, 7) is 7.93. The highest BCUT2D eigenvalue weighted by Crippen LogP contribution is 2.24. The van der Waals surface area contributed by atoms with Crippen LogP contribution in [0.2, 0.25) is 0 Å². The fraction of sp³-hybridized carbons (Fsp3) is 0.348. The van der Waals surface area contributed by atoms with Crippen molar-refractivity contribution >= 4 is 29.2 Å². The number of esters is 1. The molecular weight excluding hydrogens is 368 g/mol. The van der Waals surface area contributed by atoms with Gasteiger partial charge in [0.15, 0.2) is 0 Å². The monoisotopic (exact) mass is 396 g/mol. The summed E-state index contributed by atoms with van der Waals surface area (Å²) in [5.41, 5.74) is 2.62. The molecule has 2 aromatic carbocycles. The Balaban J connectivity index is 2.07. The third-order valence-corrected chi connectivity index (χ3v) is 4.58.